The minimum Gasteiger partial charge on any atom is -0.481 e. The van der Waals surface area contributed by atoms with Gasteiger partial charge in [-0.1, -0.05) is 41.4 Å². The first-order valence-electron chi connectivity index (χ1n) is 8.63. The zero-order chi connectivity index (χ0) is 18.4. The molecular formula is C21H26ClNO2. The molecule has 1 unspecified atom stereocenters. The maximum atomic E-state index is 12.2. The van der Waals surface area contributed by atoms with Gasteiger partial charge in [0.05, 0.1) is 0 Å². The molecule has 0 aliphatic rings. The van der Waals surface area contributed by atoms with Gasteiger partial charge in [-0.05, 0) is 69.4 Å². The largest absolute Gasteiger partial charge is 0.481 e. The highest BCUT2D eigenvalue weighted by atomic mass is 35.5. The number of nitrogens with one attached hydrogen (secondary N) is 1. The highest BCUT2D eigenvalue weighted by molar-refractivity contribution is 6.32. The summed E-state index contributed by atoms with van der Waals surface area (Å²) >= 11 is 6.16. The third-order valence-electron chi connectivity index (χ3n) is 4.12. The van der Waals surface area contributed by atoms with Gasteiger partial charge in [-0.3, -0.25) is 4.79 Å². The summed E-state index contributed by atoms with van der Waals surface area (Å²) in [6, 6.07) is 12.2. The van der Waals surface area contributed by atoms with Crippen LogP contribution in [0.3, 0.4) is 0 Å². The van der Waals surface area contributed by atoms with Crippen LogP contribution < -0.4 is 10.1 Å². The molecule has 2 aromatic rings. The number of halogens is 1. The van der Waals surface area contributed by atoms with E-state index >= 15 is 0 Å². The fourth-order valence-corrected chi connectivity index (χ4v) is 2.86. The van der Waals surface area contributed by atoms with Gasteiger partial charge in [-0.25, -0.2) is 0 Å². The van der Waals surface area contributed by atoms with Crippen molar-refractivity contribution in [3.63, 3.8) is 0 Å². The smallest absolute Gasteiger partial charge is 0.260 e. The normalized spacial score (nSPS) is 11.9. The summed E-state index contributed by atoms with van der Waals surface area (Å²) in [5.41, 5.74) is 4.45. The van der Waals surface area contributed by atoms with Crippen LogP contribution in [0.15, 0.2) is 36.4 Å². The Bertz CT molecular complexity index is 719. The molecule has 2 rings (SSSR count). The second kappa shape index (κ2) is 8.91. The molecule has 0 bridgehead atoms. The molecule has 3 nitrogen and oxygen atoms in total. The van der Waals surface area contributed by atoms with Crippen LogP contribution >= 0.6 is 11.6 Å². The summed E-state index contributed by atoms with van der Waals surface area (Å²) in [4.78, 5) is 12.2. The quantitative estimate of drug-likeness (QED) is 0.722. The molecule has 0 heterocycles. The number of carbonyl (C=O) groups is 1. The van der Waals surface area contributed by atoms with Crippen molar-refractivity contribution in [2.45, 2.75) is 46.6 Å². The number of carbonyl (C=O) groups excluding carboxylic acids is 1. The fraction of sp³-hybridized carbons (Fsp3) is 0.381. The van der Waals surface area contributed by atoms with Crippen LogP contribution in [-0.2, 0) is 11.2 Å². The zero-order valence-electron chi connectivity index (χ0n) is 15.4. The minimum absolute atomic E-state index is 0.102. The number of aryl methyl sites for hydroxylation is 4. The molecule has 0 aromatic heterocycles. The Hall–Kier alpha value is -2.00. The third kappa shape index (κ3) is 5.79. The number of amides is 1. The van der Waals surface area contributed by atoms with E-state index in [1.54, 1.807) is 6.92 Å². The molecule has 0 aliphatic carbocycles. The van der Waals surface area contributed by atoms with Crippen molar-refractivity contribution in [1.82, 2.24) is 5.32 Å². The summed E-state index contributed by atoms with van der Waals surface area (Å²) in [7, 11) is 0. The van der Waals surface area contributed by atoms with Gasteiger partial charge >= 0.3 is 0 Å². The van der Waals surface area contributed by atoms with Crippen LogP contribution in [0.4, 0.5) is 0 Å². The number of hydrogen-bond acceptors (Lipinski definition) is 2. The average molecular weight is 360 g/mol. The van der Waals surface area contributed by atoms with Crippen molar-refractivity contribution in [3.8, 4) is 5.75 Å². The van der Waals surface area contributed by atoms with Gasteiger partial charge in [0.1, 0.15) is 5.75 Å². The molecule has 0 spiro atoms. The Labute approximate surface area is 155 Å². The molecule has 0 radical (unpaired) electrons. The molecule has 25 heavy (non-hydrogen) atoms. The van der Waals surface area contributed by atoms with E-state index in [-0.39, 0.29) is 5.91 Å². The van der Waals surface area contributed by atoms with E-state index in [9.17, 15) is 4.79 Å². The number of hydrogen-bond donors (Lipinski definition) is 1. The first-order chi connectivity index (χ1) is 11.9. The summed E-state index contributed by atoms with van der Waals surface area (Å²) in [6.07, 6.45) is 1.31. The van der Waals surface area contributed by atoms with Gasteiger partial charge in [0.2, 0.25) is 0 Å². The molecule has 0 saturated heterocycles. The van der Waals surface area contributed by atoms with Gasteiger partial charge < -0.3 is 10.1 Å². The average Bonchev–Trinajstić information content (AvgIpc) is 2.56. The Morgan fingerprint density at radius 3 is 2.48 bits per heavy atom. The lowest BCUT2D eigenvalue weighted by molar-refractivity contribution is -0.127. The molecular weight excluding hydrogens is 334 g/mol. The third-order valence-corrected chi connectivity index (χ3v) is 4.71. The van der Waals surface area contributed by atoms with E-state index in [0.717, 1.165) is 29.0 Å². The van der Waals surface area contributed by atoms with Crippen molar-refractivity contribution < 1.29 is 9.53 Å². The molecule has 0 fully saturated rings. The van der Waals surface area contributed by atoms with Crippen LogP contribution in [0.5, 0.6) is 5.75 Å². The van der Waals surface area contributed by atoms with Crippen molar-refractivity contribution in [1.29, 1.82) is 0 Å². The van der Waals surface area contributed by atoms with Crippen molar-refractivity contribution in [2.75, 3.05) is 6.54 Å². The van der Waals surface area contributed by atoms with Crippen molar-refractivity contribution in [2.24, 2.45) is 0 Å². The number of rotatable bonds is 7. The highest BCUT2D eigenvalue weighted by Gasteiger charge is 2.15. The predicted molar refractivity (Wildman–Crippen MR) is 104 cm³/mol. The molecule has 2 aromatic carbocycles. The van der Waals surface area contributed by atoms with Crippen molar-refractivity contribution in [3.05, 3.63) is 63.7 Å². The zero-order valence-corrected chi connectivity index (χ0v) is 16.1. The molecule has 0 saturated carbocycles. The molecule has 4 heteroatoms. The standard InChI is InChI=1S/C21H26ClNO2/c1-14-7-5-8-18(11-14)9-6-10-23-21(24)17(4)25-19-12-15(2)20(22)16(3)13-19/h5,7-8,11-13,17H,6,9-10H2,1-4H3,(H,23,24). The Morgan fingerprint density at radius 1 is 1.16 bits per heavy atom. The van der Waals surface area contributed by atoms with E-state index in [1.165, 1.54) is 11.1 Å². The minimum atomic E-state index is -0.543. The monoisotopic (exact) mass is 359 g/mol. The number of ether oxygens (including phenoxy) is 1. The van der Waals surface area contributed by atoms with E-state index < -0.39 is 6.10 Å². The SMILES string of the molecule is Cc1cccc(CCCNC(=O)C(C)Oc2cc(C)c(Cl)c(C)c2)c1. The van der Waals surface area contributed by atoms with E-state index in [0.29, 0.717) is 12.3 Å². The summed E-state index contributed by atoms with van der Waals surface area (Å²) < 4.78 is 5.75. The van der Waals surface area contributed by atoms with Gasteiger partial charge in [0, 0.05) is 11.6 Å². The van der Waals surface area contributed by atoms with E-state index in [4.69, 9.17) is 16.3 Å². The fourth-order valence-electron chi connectivity index (χ4n) is 2.75. The van der Waals surface area contributed by atoms with Crippen LogP contribution in [0, 0.1) is 20.8 Å². The number of benzene rings is 2. The van der Waals surface area contributed by atoms with Gasteiger partial charge in [0.15, 0.2) is 6.10 Å². The van der Waals surface area contributed by atoms with Crippen LogP contribution in [0.25, 0.3) is 0 Å². The maximum Gasteiger partial charge on any atom is 0.260 e. The lowest BCUT2D eigenvalue weighted by atomic mass is 10.1. The molecule has 1 amide bonds. The second-order valence-electron chi connectivity index (χ2n) is 6.51. The molecule has 1 atom stereocenters. The summed E-state index contributed by atoms with van der Waals surface area (Å²) in [5.74, 6) is 0.566. The molecule has 134 valence electrons. The summed E-state index contributed by atoms with van der Waals surface area (Å²) in [6.45, 7) is 8.34. The lowest BCUT2D eigenvalue weighted by Gasteiger charge is -2.16. The predicted octanol–water partition coefficient (Wildman–Crippen LogP) is 4.78. The van der Waals surface area contributed by atoms with E-state index in [2.05, 4.69) is 36.5 Å². The molecule has 0 aliphatic heterocycles. The Kier molecular flexibility index (Phi) is 6.89. The van der Waals surface area contributed by atoms with Gasteiger partial charge in [-0.15, -0.1) is 0 Å². The van der Waals surface area contributed by atoms with Crippen LogP contribution in [0.1, 0.15) is 35.6 Å². The van der Waals surface area contributed by atoms with E-state index in [1.807, 2.05) is 26.0 Å². The topological polar surface area (TPSA) is 38.3 Å². The second-order valence-corrected chi connectivity index (χ2v) is 6.89. The maximum absolute atomic E-state index is 12.2. The Balaban J connectivity index is 1.78. The first-order valence-corrected chi connectivity index (χ1v) is 9.01. The highest BCUT2D eigenvalue weighted by Crippen LogP contribution is 2.26. The van der Waals surface area contributed by atoms with Crippen LogP contribution in [-0.4, -0.2) is 18.6 Å². The summed E-state index contributed by atoms with van der Waals surface area (Å²) in [5, 5.41) is 3.67. The van der Waals surface area contributed by atoms with Gasteiger partial charge in [0.25, 0.3) is 5.91 Å². The van der Waals surface area contributed by atoms with Gasteiger partial charge in [-0.2, -0.15) is 0 Å². The lowest BCUT2D eigenvalue weighted by Crippen LogP contribution is -2.37. The molecule has 1 N–H and O–H groups in total. The Morgan fingerprint density at radius 2 is 1.84 bits per heavy atom. The van der Waals surface area contributed by atoms with Crippen molar-refractivity contribution >= 4 is 17.5 Å². The first kappa shape index (κ1) is 19.3. The van der Waals surface area contributed by atoms with Crippen LogP contribution in [0.2, 0.25) is 5.02 Å².